The number of benzene rings is 1. The molecule has 2 heterocycles. The van der Waals surface area contributed by atoms with Gasteiger partial charge in [-0.3, -0.25) is 4.79 Å². The van der Waals surface area contributed by atoms with Crippen LogP contribution in [-0.4, -0.2) is 50.5 Å². The molecule has 1 fully saturated rings. The van der Waals surface area contributed by atoms with Gasteiger partial charge in [-0.05, 0) is 37.6 Å². The monoisotopic (exact) mass is 389 g/mol. The van der Waals surface area contributed by atoms with Crippen LogP contribution in [-0.2, 0) is 9.84 Å². The van der Waals surface area contributed by atoms with Crippen LogP contribution in [0.25, 0.3) is 0 Å². The van der Waals surface area contributed by atoms with E-state index in [4.69, 9.17) is 4.74 Å². The Labute approximate surface area is 159 Å². The van der Waals surface area contributed by atoms with Crippen molar-refractivity contribution in [1.29, 1.82) is 0 Å². The molecule has 8 heteroatoms. The first-order valence-electron chi connectivity index (χ1n) is 8.80. The van der Waals surface area contributed by atoms with Gasteiger partial charge in [0.2, 0.25) is 0 Å². The fraction of sp³-hybridized carbons (Fsp3) is 0.368. The third-order valence-electron chi connectivity index (χ3n) is 4.62. The zero-order chi connectivity index (χ0) is 19.4. The van der Waals surface area contributed by atoms with Gasteiger partial charge in [0.1, 0.15) is 11.6 Å². The number of hydrogen-bond acceptors (Lipinski definition) is 6. The molecule has 1 unspecified atom stereocenters. The highest BCUT2D eigenvalue weighted by Gasteiger charge is 2.32. The van der Waals surface area contributed by atoms with Gasteiger partial charge in [0.25, 0.3) is 5.91 Å². The number of carbonyl (C=O) groups excluding carboxylic acids is 1. The molecule has 0 bridgehead atoms. The average molecular weight is 389 g/mol. The maximum Gasteiger partial charge on any atom is 0.255 e. The molecule has 27 heavy (non-hydrogen) atoms. The summed E-state index contributed by atoms with van der Waals surface area (Å²) in [4.78, 5) is 18.9. The van der Waals surface area contributed by atoms with Gasteiger partial charge in [-0.1, -0.05) is 6.07 Å². The Bertz CT molecular complexity index is 930. The summed E-state index contributed by atoms with van der Waals surface area (Å²) >= 11 is 0. The zero-order valence-electron chi connectivity index (χ0n) is 15.4. The number of amides is 1. The molecule has 0 aliphatic carbocycles. The van der Waals surface area contributed by atoms with E-state index in [1.54, 1.807) is 49.7 Å². The number of nitrogens with zero attached hydrogens (tertiary/aromatic N) is 2. The lowest BCUT2D eigenvalue weighted by Crippen LogP contribution is -2.36. The van der Waals surface area contributed by atoms with Crippen molar-refractivity contribution in [2.24, 2.45) is 0 Å². The number of aromatic nitrogens is 1. The Morgan fingerprint density at radius 2 is 2.15 bits per heavy atom. The van der Waals surface area contributed by atoms with Crippen molar-refractivity contribution < 1.29 is 17.9 Å². The summed E-state index contributed by atoms with van der Waals surface area (Å²) in [6, 6.07) is 10.3. The number of anilines is 2. The molecule has 2 aromatic rings. The normalized spacial score (nSPS) is 18.1. The molecule has 7 nitrogen and oxygen atoms in total. The second-order valence-electron chi connectivity index (χ2n) is 6.43. The molecule has 1 atom stereocenters. The zero-order valence-corrected chi connectivity index (χ0v) is 16.2. The van der Waals surface area contributed by atoms with Crippen molar-refractivity contribution in [3.8, 4) is 5.75 Å². The first kappa shape index (κ1) is 19.2. The van der Waals surface area contributed by atoms with Crippen molar-refractivity contribution in [2.45, 2.75) is 19.4 Å². The Hall–Kier alpha value is -2.61. The third-order valence-corrected chi connectivity index (χ3v) is 6.37. The number of ether oxygens (including phenoxy) is 1. The van der Waals surface area contributed by atoms with E-state index in [1.807, 2.05) is 11.8 Å². The van der Waals surface area contributed by atoms with Crippen molar-refractivity contribution in [3.05, 3.63) is 48.2 Å². The highest BCUT2D eigenvalue weighted by atomic mass is 32.2. The average Bonchev–Trinajstić information content (AvgIpc) is 3.02. The second kappa shape index (κ2) is 7.96. The smallest absolute Gasteiger partial charge is 0.255 e. The lowest BCUT2D eigenvalue weighted by Gasteiger charge is -2.28. The summed E-state index contributed by atoms with van der Waals surface area (Å²) in [7, 11) is -1.42. The molecule has 1 aliphatic heterocycles. The van der Waals surface area contributed by atoms with Crippen LogP contribution < -0.4 is 15.0 Å². The predicted octanol–water partition coefficient (Wildman–Crippen LogP) is 2.36. The van der Waals surface area contributed by atoms with Gasteiger partial charge in [-0.2, -0.15) is 0 Å². The van der Waals surface area contributed by atoms with Gasteiger partial charge in [0.05, 0.1) is 18.6 Å². The van der Waals surface area contributed by atoms with Gasteiger partial charge in [-0.15, -0.1) is 0 Å². The molecule has 144 valence electrons. The topological polar surface area (TPSA) is 88.6 Å². The van der Waals surface area contributed by atoms with E-state index in [0.717, 1.165) is 0 Å². The van der Waals surface area contributed by atoms with Gasteiger partial charge >= 0.3 is 0 Å². The number of pyridine rings is 1. The molecule has 1 aromatic carbocycles. The van der Waals surface area contributed by atoms with E-state index in [9.17, 15) is 13.2 Å². The van der Waals surface area contributed by atoms with Crippen LogP contribution in [0, 0.1) is 0 Å². The van der Waals surface area contributed by atoms with Crippen molar-refractivity contribution >= 4 is 27.2 Å². The quantitative estimate of drug-likeness (QED) is 0.816. The molecule has 1 N–H and O–H groups in total. The molecule has 0 radical (unpaired) electrons. The summed E-state index contributed by atoms with van der Waals surface area (Å²) in [6.07, 6.45) is 2.15. The van der Waals surface area contributed by atoms with E-state index in [-0.39, 0.29) is 23.5 Å². The highest BCUT2D eigenvalue weighted by Crippen LogP contribution is 2.24. The predicted molar refractivity (Wildman–Crippen MR) is 105 cm³/mol. The maximum atomic E-state index is 12.6. The number of nitrogens with one attached hydrogen (secondary N) is 1. The van der Waals surface area contributed by atoms with E-state index in [0.29, 0.717) is 35.8 Å². The van der Waals surface area contributed by atoms with Crippen molar-refractivity contribution in [1.82, 2.24) is 4.98 Å². The van der Waals surface area contributed by atoms with Gasteiger partial charge in [-0.25, -0.2) is 13.4 Å². The second-order valence-corrected chi connectivity index (χ2v) is 8.66. The molecule has 1 saturated heterocycles. The van der Waals surface area contributed by atoms with Crippen LogP contribution in [0.15, 0.2) is 42.6 Å². The molecule has 1 amide bonds. The van der Waals surface area contributed by atoms with Crippen LogP contribution >= 0.6 is 0 Å². The van der Waals surface area contributed by atoms with Gasteiger partial charge in [0.15, 0.2) is 9.84 Å². The highest BCUT2D eigenvalue weighted by molar-refractivity contribution is 7.91. The Kier molecular flexibility index (Phi) is 5.65. The minimum atomic E-state index is -2.99. The molecule has 0 spiro atoms. The van der Waals surface area contributed by atoms with E-state index in [2.05, 4.69) is 10.3 Å². The van der Waals surface area contributed by atoms with E-state index >= 15 is 0 Å². The number of rotatable bonds is 6. The Morgan fingerprint density at radius 1 is 1.33 bits per heavy atom. The fourth-order valence-corrected chi connectivity index (χ4v) is 4.98. The van der Waals surface area contributed by atoms with Crippen molar-refractivity contribution in [3.63, 3.8) is 0 Å². The maximum absolute atomic E-state index is 12.6. The van der Waals surface area contributed by atoms with Gasteiger partial charge < -0.3 is 15.0 Å². The standard InChI is InChI=1S/C19H23N3O4S/c1-3-22(16-8-10-27(24,25)13-16)18-11-14(7-9-20-18)19(23)21-15-5-4-6-17(12-15)26-2/h4-7,9,11-12,16H,3,8,10,13H2,1-2H3,(H,21,23). The summed E-state index contributed by atoms with van der Waals surface area (Å²) < 4.78 is 28.8. The number of hydrogen-bond donors (Lipinski definition) is 1. The molecular weight excluding hydrogens is 366 g/mol. The fourth-order valence-electron chi connectivity index (χ4n) is 3.25. The van der Waals surface area contributed by atoms with Crippen LogP contribution in [0.3, 0.4) is 0 Å². The largest absolute Gasteiger partial charge is 0.497 e. The van der Waals surface area contributed by atoms with Crippen molar-refractivity contribution in [2.75, 3.05) is 35.4 Å². The van der Waals surface area contributed by atoms with Crippen LogP contribution in [0.2, 0.25) is 0 Å². The van der Waals surface area contributed by atoms with E-state index in [1.165, 1.54) is 0 Å². The first-order chi connectivity index (χ1) is 12.9. The summed E-state index contributed by atoms with van der Waals surface area (Å²) in [5.41, 5.74) is 1.09. The van der Waals surface area contributed by atoms with E-state index < -0.39 is 9.84 Å². The summed E-state index contributed by atoms with van der Waals surface area (Å²) in [5, 5.41) is 2.84. The lowest BCUT2D eigenvalue weighted by atomic mass is 10.2. The van der Waals surface area contributed by atoms with Crippen LogP contribution in [0.4, 0.5) is 11.5 Å². The summed E-state index contributed by atoms with van der Waals surface area (Å²) in [5.74, 6) is 1.33. The third kappa shape index (κ3) is 4.57. The molecule has 3 rings (SSSR count). The molecular formula is C19H23N3O4S. The lowest BCUT2D eigenvalue weighted by molar-refractivity contribution is 0.102. The minimum Gasteiger partial charge on any atom is -0.497 e. The molecule has 1 aliphatic rings. The first-order valence-corrected chi connectivity index (χ1v) is 10.6. The Balaban J connectivity index is 1.78. The molecule has 0 saturated carbocycles. The molecule has 1 aromatic heterocycles. The SMILES string of the molecule is CCN(c1cc(C(=O)Nc2cccc(OC)c2)ccn1)C1CCS(=O)(=O)C1. The summed E-state index contributed by atoms with van der Waals surface area (Å²) in [6.45, 7) is 2.57. The number of sulfone groups is 1. The number of carbonyl (C=O) groups is 1. The van der Waals surface area contributed by atoms with Crippen LogP contribution in [0.5, 0.6) is 5.75 Å². The number of methoxy groups -OCH3 is 1. The van der Waals surface area contributed by atoms with Gasteiger partial charge in [0, 0.05) is 36.1 Å². The Morgan fingerprint density at radius 3 is 2.81 bits per heavy atom. The van der Waals surface area contributed by atoms with Crippen LogP contribution in [0.1, 0.15) is 23.7 Å². The minimum absolute atomic E-state index is 0.107.